The molecule has 0 radical (unpaired) electrons. The number of pyridine rings is 1. The molecule has 0 amide bonds. The van der Waals surface area contributed by atoms with E-state index < -0.39 is 0 Å². The van der Waals surface area contributed by atoms with E-state index in [4.69, 9.17) is 4.98 Å². The molecule has 0 aliphatic heterocycles. The minimum absolute atomic E-state index is 0.199. The minimum atomic E-state index is 0.199. The summed E-state index contributed by atoms with van der Waals surface area (Å²) in [6, 6.07) is 14.2. The van der Waals surface area contributed by atoms with Crippen molar-refractivity contribution in [2.75, 3.05) is 0 Å². The molecule has 5 rings (SSSR count). The van der Waals surface area contributed by atoms with Crippen molar-refractivity contribution in [2.24, 2.45) is 0 Å². The van der Waals surface area contributed by atoms with Gasteiger partial charge in [-0.05, 0) is 86.8 Å². The van der Waals surface area contributed by atoms with Crippen LogP contribution in [0.4, 0.5) is 0 Å². The van der Waals surface area contributed by atoms with E-state index in [9.17, 15) is 0 Å². The standard InChI is InChI=1S/C30H37N/c1-27(2)12-13-28(3,4)25-17-21-19(15-24(25)27)11-14-31-26(21)20-9-10-22-23(16-20)30(7,8)18-29(22,5)6/h9-11,14-17H,12-13,18H2,1-8H3. The van der Waals surface area contributed by atoms with Crippen LogP contribution in [-0.4, -0.2) is 4.98 Å². The molecule has 1 heteroatoms. The molecule has 2 aliphatic rings. The van der Waals surface area contributed by atoms with Gasteiger partial charge in [0, 0.05) is 17.1 Å². The molecule has 1 nitrogen and oxygen atoms in total. The monoisotopic (exact) mass is 411 g/mol. The van der Waals surface area contributed by atoms with Gasteiger partial charge >= 0.3 is 0 Å². The number of aromatic nitrogens is 1. The highest BCUT2D eigenvalue weighted by Crippen LogP contribution is 2.51. The van der Waals surface area contributed by atoms with Crippen LogP contribution in [0.5, 0.6) is 0 Å². The molecule has 1 aromatic heterocycles. The maximum atomic E-state index is 4.92. The third-order valence-electron chi connectivity index (χ3n) is 8.37. The fourth-order valence-corrected chi connectivity index (χ4v) is 6.60. The van der Waals surface area contributed by atoms with E-state index in [1.54, 1.807) is 0 Å². The summed E-state index contributed by atoms with van der Waals surface area (Å²) in [6.07, 6.45) is 5.66. The first kappa shape index (κ1) is 20.7. The smallest absolute Gasteiger partial charge is 0.0780 e. The Kier molecular flexibility index (Phi) is 4.16. The van der Waals surface area contributed by atoms with E-state index in [0.717, 1.165) is 5.69 Å². The van der Waals surface area contributed by atoms with Gasteiger partial charge in [0.25, 0.3) is 0 Å². The Morgan fingerprint density at radius 3 is 1.87 bits per heavy atom. The highest BCUT2D eigenvalue weighted by atomic mass is 14.7. The second-order valence-corrected chi connectivity index (χ2v) is 12.8. The average Bonchev–Trinajstić information content (AvgIpc) is 2.87. The Morgan fingerprint density at radius 2 is 1.19 bits per heavy atom. The molecular formula is C30H37N. The predicted molar refractivity (Wildman–Crippen MR) is 133 cm³/mol. The zero-order chi connectivity index (χ0) is 22.4. The largest absolute Gasteiger partial charge is 0.256 e. The zero-order valence-corrected chi connectivity index (χ0v) is 20.6. The quantitative estimate of drug-likeness (QED) is 0.393. The van der Waals surface area contributed by atoms with Crippen molar-refractivity contribution in [3.8, 4) is 11.3 Å². The topological polar surface area (TPSA) is 12.9 Å². The molecule has 162 valence electrons. The number of hydrogen-bond acceptors (Lipinski definition) is 1. The SMILES string of the molecule is CC1(C)CCC(C)(C)c2cc3c(-c4ccc5c(c4)C(C)(C)CC5(C)C)nccc3cc21. The Morgan fingerprint density at radius 1 is 0.613 bits per heavy atom. The molecule has 1 heterocycles. The fraction of sp³-hybridized carbons (Fsp3) is 0.500. The molecule has 0 atom stereocenters. The van der Waals surface area contributed by atoms with Gasteiger partial charge in [-0.15, -0.1) is 0 Å². The van der Waals surface area contributed by atoms with Gasteiger partial charge in [-0.2, -0.15) is 0 Å². The molecule has 0 fully saturated rings. The Hall–Kier alpha value is -2.15. The van der Waals surface area contributed by atoms with Crippen molar-refractivity contribution in [3.05, 3.63) is 64.8 Å². The third-order valence-corrected chi connectivity index (χ3v) is 8.37. The second kappa shape index (κ2) is 6.21. The van der Waals surface area contributed by atoms with E-state index in [0.29, 0.717) is 0 Å². The van der Waals surface area contributed by atoms with Gasteiger partial charge in [-0.1, -0.05) is 73.6 Å². The van der Waals surface area contributed by atoms with Crippen molar-refractivity contribution >= 4 is 10.8 Å². The van der Waals surface area contributed by atoms with E-state index >= 15 is 0 Å². The molecule has 3 aromatic rings. The molecule has 0 saturated heterocycles. The molecule has 0 unspecified atom stereocenters. The van der Waals surface area contributed by atoms with Gasteiger partial charge in [0.2, 0.25) is 0 Å². The number of fused-ring (bicyclic) bond motifs is 3. The summed E-state index contributed by atoms with van der Waals surface area (Å²) in [6.45, 7) is 19.2. The van der Waals surface area contributed by atoms with E-state index in [1.807, 2.05) is 6.20 Å². The maximum absolute atomic E-state index is 4.92. The van der Waals surface area contributed by atoms with Gasteiger partial charge in [-0.25, -0.2) is 0 Å². The summed E-state index contributed by atoms with van der Waals surface area (Å²) in [7, 11) is 0. The third kappa shape index (κ3) is 3.07. The van der Waals surface area contributed by atoms with Crippen molar-refractivity contribution in [3.63, 3.8) is 0 Å². The lowest BCUT2D eigenvalue weighted by atomic mass is 9.63. The van der Waals surface area contributed by atoms with Crippen LogP contribution < -0.4 is 0 Å². The zero-order valence-electron chi connectivity index (χ0n) is 20.6. The van der Waals surface area contributed by atoms with Crippen molar-refractivity contribution in [1.29, 1.82) is 0 Å². The Labute approximate surface area is 188 Å². The molecule has 2 aromatic carbocycles. The van der Waals surface area contributed by atoms with E-state index in [1.165, 1.54) is 57.9 Å². The van der Waals surface area contributed by atoms with Crippen LogP contribution in [0, 0.1) is 0 Å². The summed E-state index contributed by atoms with van der Waals surface area (Å²) in [5, 5.41) is 2.61. The van der Waals surface area contributed by atoms with Gasteiger partial charge in [0.15, 0.2) is 0 Å². The van der Waals surface area contributed by atoms with Crippen LogP contribution in [0.15, 0.2) is 42.6 Å². The Balaban J connectivity index is 1.75. The lowest BCUT2D eigenvalue weighted by Crippen LogP contribution is -2.33. The van der Waals surface area contributed by atoms with Gasteiger partial charge in [-0.3, -0.25) is 4.98 Å². The van der Waals surface area contributed by atoms with E-state index in [-0.39, 0.29) is 21.7 Å². The van der Waals surface area contributed by atoms with Crippen molar-refractivity contribution in [1.82, 2.24) is 4.98 Å². The lowest BCUT2D eigenvalue weighted by molar-refractivity contribution is 0.332. The maximum Gasteiger partial charge on any atom is 0.0780 e. The Bertz CT molecular complexity index is 1210. The van der Waals surface area contributed by atoms with E-state index in [2.05, 4.69) is 91.8 Å². The van der Waals surface area contributed by atoms with Gasteiger partial charge in [0.1, 0.15) is 0 Å². The van der Waals surface area contributed by atoms with Crippen LogP contribution in [0.3, 0.4) is 0 Å². The molecule has 31 heavy (non-hydrogen) atoms. The molecule has 0 N–H and O–H groups in total. The summed E-state index contributed by atoms with van der Waals surface area (Å²) < 4.78 is 0. The lowest BCUT2D eigenvalue weighted by Gasteiger charge is -2.42. The number of rotatable bonds is 1. The van der Waals surface area contributed by atoms with Crippen LogP contribution >= 0.6 is 0 Å². The number of benzene rings is 2. The minimum Gasteiger partial charge on any atom is -0.256 e. The van der Waals surface area contributed by atoms with Crippen molar-refractivity contribution in [2.45, 2.75) is 96.3 Å². The van der Waals surface area contributed by atoms with Crippen LogP contribution in [0.2, 0.25) is 0 Å². The highest BCUT2D eigenvalue weighted by Gasteiger charge is 2.42. The molecule has 0 bridgehead atoms. The molecular weight excluding hydrogens is 374 g/mol. The number of hydrogen-bond donors (Lipinski definition) is 0. The second-order valence-electron chi connectivity index (χ2n) is 12.8. The van der Waals surface area contributed by atoms with Crippen LogP contribution in [0.1, 0.15) is 96.9 Å². The van der Waals surface area contributed by atoms with Crippen LogP contribution in [0.25, 0.3) is 22.0 Å². The predicted octanol–water partition coefficient (Wildman–Crippen LogP) is 8.21. The number of nitrogens with zero attached hydrogens (tertiary/aromatic N) is 1. The van der Waals surface area contributed by atoms with Gasteiger partial charge in [0.05, 0.1) is 5.69 Å². The van der Waals surface area contributed by atoms with Crippen LogP contribution in [-0.2, 0) is 21.7 Å². The van der Waals surface area contributed by atoms with Crippen molar-refractivity contribution < 1.29 is 0 Å². The molecule has 2 aliphatic carbocycles. The van der Waals surface area contributed by atoms with Gasteiger partial charge < -0.3 is 0 Å². The fourth-order valence-electron chi connectivity index (χ4n) is 6.60. The molecule has 0 spiro atoms. The highest BCUT2D eigenvalue weighted by molar-refractivity contribution is 5.96. The first-order valence-corrected chi connectivity index (χ1v) is 11.9. The molecule has 0 saturated carbocycles. The summed E-state index contributed by atoms with van der Waals surface area (Å²) in [5.74, 6) is 0. The normalized spacial score (nSPS) is 22.2. The first-order valence-electron chi connectivity index (χ1n) is 11.9. The summed E-state index contributed by atoms with van der Waals surface area (Å²) in [4.78, 5) is 4.92. The first-order chi connectivity index (χ1) is 14.3. The summed E-state index contributed by atoms with van der Waals surface area (Å²) in [5.41, 5.74) is 9.27. The summed E-state index contributed by atoms with van der Waals surface area (Å²) >= 11 is 0. The average molecular weight is 412 g/mol.